The second-order valence-corrected chi connectivity index (χ2v) is 3.97. The van der Waals surface area contributed by atoms with Crippen LogP contribution in [0.3, 0.4) is 0 Å². The molecule has 0 spiro atoms. The van der Waals surface area contributed by atoms with Gasteiger partial charge >= 0.3 is 0 Å². The highest BCUT2D eigenvalue weighted by Crippen LogP contribution is 2.09. The first-order chi connectivity index (χ1) is 6.77. The van der Waals surface area contributed by atoms with Gasteiger partial charge in [-0.3, -0.25) is 4.79 Å². The smallest absolute Gasteiger partial charge is 0.151 e. The zero-order valence-corrected chi connectivity index (χ0v) is 9.25. The summed E-state index contributed by atoms with van der Waals surface area (Å²) in [4.78, 5) is 16.7. The SMILES string of the molecule is CSCCN(C)c1ccc(C=O)cn1. The minimum atomic E-state index is 0.618. The third-order valence-corrected chi connectivity index (χ3v) is 2.52. The molecule has 0 saturated carbocycles. The van der Waals surface area contributed by atoms with Crippen molar-refractivity contribution in [2.75, 3.05) is 30.5 Å². The van der Waals surface area contributed by atoms with Crippen LogP contribution in [0.25, 0.3) is 0 Å². The van der Waals surface area contributed by atoms with Crippen LogP contribution in [0.5, 0.6) is 0 Å². The number of carbonyl (C=O) groups excluding carboxylic acids is 1. The Hall–Kier alpha value is -1.03. The minimum Gasteiger partial charge on any atom is -0.359 e. The molecule has 1 rings (SSSR count). The van der Waals surface area contributed by atoms with Crippen molar-refractivity contribution in [3.05, 3.63) is 23.9 Å². The van der Waals surface area contributed by atoms with E-state index < -0.39 is 0 Å². The van der Waals surface area contributed by atoms with Gasteiger partial charge < -0.3 is 4.90 Å². The number of anilines is 1. The molecule has 0 saturated heterocycles. The molecule has 76 valence electrons. The van der Waals surface area contributed by atoms with E-state index in [1.54, 1.807) is 24.0 Å². The average molecular weight is 210 g/mol. The van der Waals surface area contributed by atoms with Crippen LogP contribution >= 0.6 is 11.8 Å². The van der Waals surface area contributed by atoms with Crippen LogP contribution in [0.2, 0.25) is 0 Å². The molecular weight excluding hydrogens is 196 g/mol. The Morgan fingerprint density at radius 2 is 2.36 bits per heavy atom. The number of thioether (sulfide) groups is 1. The molecule has 1 heterocycles. The second kappa shape index (κ2) is 5.65. The third kappa shape index (κ3) is 3.03. The van der Waals surface area contributed by atoms with E-state index in [1.807, 2.05) is 13.1 Å². The van der Waals surface area contributed by atoms with E-state index in [4.69, 9.17) is 0 Å². The molecule has 0 aliphatic heterocycles. The summed E-state index contributed by atoms with van der Waals surface area (Å²) >= 11 is 1.81. The van der Waals surface area contributed by atoms with Crippen molar-refractivity contribution in [3.63, 3.8) is 0 Å². The predicted molar refractivity (Wildman–Crippen MR) is 61.3 cm³/mol. The van der Waals surface area contributed by atoms with Crippen molar-refractivity contribution in [1.29, 1.82) is 0 Å². The summed E-state index contributed by atoms with van der Waals surface area (Å²) < 4.78 is 0. The first kappa shape index (κ1) is 11.0. The molecule has 0 fully saturated rings. The Kier molecular flexibility index (Phi) is 4.46. The fraction of sp³-hybridized carbons (Fsp3) is 0.400. The van der Waals surface area contributed by atoms with Crippen LogP contribution in [0.15, 0.2) is 18.3 Å². The van der Waals surface area contributed by atoms with Crippen LogP contribution in [0.4, 0.5) is 5.82 Å². The molecular formula is C10H14N2OS. The van der Waals surface area contributed by atoms with Crippen molar-refractivity contribution < 1.29 is 4.79 Å². The summed E-state index contributed by atoms with van der Waals surface area (Å²) in [6.07, 6.45) is 4.48. The summed E-state index contributed by atoms with van der Waals surface area (Å²) in [5.41, 5.74) is 0.618. The van der Waals surface area contributed by atoms with E-state index in [9.17, 15) is 4.79 Å². The Morgan fingerprint density at radius 3 is 2.86 bits per heavy atom. The van der Waals surface area contributed by atoms with E-state index in [2.05, 4.69) is 16.1 Å². The standard InChI is InChI=1S/C10H14N2OS/c1-12(5-6-14-2)10-4-3-9(8-13)7-11-10/h3-4,7-8H,5-6H2,1-2H3. The van der Waals surface area contributed by atoms with Gasteiger partial charge in [0.15, 0.2) is 6.29 Å². The van der Waals surface area contributed by atoms with Gasteiger partial charge in [-0.25, -0.2) is 4.98 Å². The van der Waals surface area contributed by atoms with Crippen molar-refractivity contribution in [1.82, 2.24) is 4.98 Å². The number of carbonyl (C=O) groups is 1. The predicted octanol–water partition coefficient (Wildman–Crippen LogP) is 1.69. The Balaban J connectivity index is 2.61. The monoisotopic (exact) mass is 210 g/mol. The lowest BCUT2D eigenvalue weighted by molar-refractivity contribution is 0.112. The summed E-state index contributed by atoms with van der Waals surface area (Å²) in [6.45, 7) is 0.967. The van der Waals surface area contributed by atoms with Gasteiger partial charge in [-0.1, -0.05) is 0 Å². The molecule has 0 atom stereocenters. The molecule has 0 aliphatic carbocycles. The highest BCUT2D eigenvalue weighted by Gasteiger charge is 2.00. The highest BCUT2D eigenvalue weighted by atomic mass is 32.2. The number of aldehydes is 1. The van der Waals surface area contributed by atoms with E-state index in [-0.39, 0.29) is 0 Å². The normalized spacial score (nSPS) is 9.86. The Morgan fingerprint density at radius 1 is 1.57 bits per heavy atom. The third-order valence-electron chi connectivity index (χ3n) is 1.93. The molecule has 0 unspecified atom stereocenters. The fourth-order valence-corrected chi connectivity index (χ4v) is 1.49. The molecule has 0 aromatic carbocycles. The summed E-state index contributed by atoms with van der Waals surface area (Å²) in [7, 11) is 2.00. The van der Waals surface area contributed by atoms with Crippen molar-refractivity contribution >= 4 is 23.9 Å². The van der Waals surface area contributed by atoms with E-state index in [1.165, 1.54) is 0 Å². The summed E-state index contributed by atoms with van der Waals surface area (Å²) in [5.74, 6) is 1.98. The number of nitrogens with zero attached hydrogens (tertiary/aromatic N) is 2. The van der Waals surface area contributed by atoms with E-state index in [0.717, 1.165) is 24.4 Å². The van der Waals surface area contributed by atoms with Crippen LogP contribution in [-0.4, -0.2) is 36.9 Å². The van der Waals surface area contributed by atoms with Crippen LogP contribution in [-0.2, 0) is 0 Å². The number of rotatable bonds is 5. The van der Waals surface area contributed by atoms with Gasteiger partial charge in [-0.2, -0.15) is 11.8 Å². The molecule has 0 N–H and O–H groups in total. The largest absolute Gasteiger partial charge is 0.359 e. The number of aromatic nitrogens is 1. The maximum Gasteiger partial charge on any atom is 0.151 e. The van der Waals surface area contributed by atoms with Crippen molar-refractivity contribution in [2.24, 2.45) is 0 Å². The summed E-state index contributed by atoms with van der Waals surface area (Å²) in [6, 6.07) is 3.65. The first-order valence-electron chi connectivity index (χ1n) is 4.39. The van der Waals surface area contributed by atoms with Crippen molar-refractivity contribution in [2.45, 2.75) is 0 Å². The zero-order chi connectivity index (χ0) is 10.4. The first-order valence-corrected chi connectivity index (χ1v) is 5.78. The summed E-state index contributed by atoms with van der Waals surface area (Å²) in [5, 5.41) is 0. The Labute approximate surface area is 88.5 Å². The molecule has 14 heavy (non-hydrogen) atoms. The fourth-order valence-electron chi connectivity index (χ4n) is 1.04. The topological polar surface area (TPSA) is 33.2 Å². The maximum atomic E-state index is 10.4. The van der Waals surface area contributed by atoms with Gasteiger partial charge in [-0.05, 0) is 18.4 Å². The molecule has 1 aromatic heterocycles. The second-order valence-electron chi connectivity index (χ2n) is 2.98. The highest BCUT2D eigenvalue weighted by molar-refractivity contribution is 7.98. The number of pyridine rings is 1. The lowest BCUT2D eigenvalue weighted by Gasteiger charge is -2.17. The van der Waals surface area contributed by atoms with Crippen LogP contribution in [0.1, 0.15) is 10.4 Å². The molecule has 0 bridgehead atoms. The Bertz CT molecular complexity index is 287. The number of hydrogen-bond donors (Lipinski definition) is 0. The molecule has 0 radical (unpaired) electrons. The lowest BCUT2D eigenvalue weighted by atomic mass is 10.3. The van der Waals surface area contributed by atoms with Crippen molar-refractivity contribution in [3.8, 4) is 0 Å². The maximum absolute atomic E-state index is 10.4. The van der Waals surface area contributed by atoms with Gasteiger partial charge in [0.05, 0.1) is 0 Å². The van der Waals surface area contributed by atoms with Gasteiger partial charge in [0.25, 0.3) is 0 Å². The average Bonchev–Trinajstić information content (AvgIpc) is 2.26. The molecule has 0 aliphatic rings. The minimum absolute atomic E-state index is 0.618. The molecule has 4 heteroatoms. The molecule has 3 nitrogen and oxygen atoms in total. The van der Waals surface area contributed by atoms with Gasteiger partial charge in [0, 0.05) is 31.1 Å². The lowest BCUT2D eigenvalue weighted by Crippen LogP contribution is -2.21. The zero-order valence-electron chi connectivity index (χ0n) is 8.43. The quantitative estimate of drug-likeness (QED) is 0.692. The van der Waals surface area contributed by atoms with E-state index >= 15 is 0 Å². The van der Waals surface area contributed by atoms with Gasteiger partial charge in [0.1, 0.15) is 5.82 Å². The van der Waals surface area contributed by atoms with Crippen LogP contribution in [0, 0.1) is 0 Å². The molecule has 1 aromatic rings. The van der Waals surface area contributed by atoms with Crippen LogP contribution < -0.4 is 4.90 Å². The number of hydrogen-bond acceptors (Lipinski definition) is 4. The molecule has 0 amide bonds. The van der Waals surface area contributed by atoms with Gasteiger partial charge in [-0.15, -0.1) is 0 Å². The van der Waals surface area contributed by atoms with Gasteiger partial charge in [0.2, 0.25) is 0 Å². The van der Waals surface area contributed by atoms with E-state index in [0.29, 0.717) is 5.56 Å².